The molecule has 0 spiro atoms. The molecule has 2 heterocycles. The monoisotopic (exact) mass is 120 g/mol. The summed E-state index contributed by atoms with van der Waals surface area (Å²) in [5.74, 6) is 2.11. The van der Waals surface area contributed by atoms with Gasteiger partial charge in [0.2, 0.25) is 0 Å². The van der Waals surface area contributed by atoms with Crippen LogP contribution in [0.15, 0.2) is 12.1 Å². The van der Waals surface area contributed by atoms with Gasteiger partial charge in [0, 0.05) is 5.56 Å². The molecular weight excluding hydrogens is 112 g/mol. The lowest BCUT2D eigenvalue weighted by Crippen LogP contribution is -2.02. The van der Waals surface area contributed by atoms with Crippen molar-refractivity contribution in [2.24, 2.45) is 0 Å². The lowest BCUT2D eigenvalue weighted by Gasteiger charge is -2.23. The molecule has 2 aliphatic rings. The van der Waals surface area contributed by atoms with Gasteiger partial charge in [-0.15, -0.1) is 0 Å². The molecule has 9 heavy (non-hydrogen) atoms. The molecule has 0 atom stereocenters. The van der Waals surface area contributed by atoms with Crippen molar-refractivity contribution in [1.29, 1.82) is 0 Å². The smallest absolute Gasteiger partial charge is 0.136 e. The average molecular weight is 120 g/mol. The third-order valence-corrected chi connectivity index (χ3v) is 1.77. The van der Waals surface area contributed by atoms with Crippen LogP contribution in [0.1, 0.15) is 11.1 Å². The molecule has 0 amide bonds. The fraction of sp³-hybridized carbons (Fsp3) is 0.250. The Morgan fingerprint density at radius 1 is 1.22 bits per heavy atom. The Morgan fingerprint density at radius 2 is 2.00 bits per heavy atom. The zero-order valence-corrected chi connectivity index (χ0v) is 5.56. The molecule has 0 radical (unpaired) electrons. The maximum absolute atomic E-state index is 5.27. The van der Waals surface area contributed by atoms with Crippen molar-refractivity contribution < 1.29 is 4.74 Å². The number of aryl methyl sites for hydroxylation is 2. The predicted octanol–water partition coefficient (Wildman–Crippen LogP) is 2.41. The molecule has 1 nitrogen and oxygen atoms in total. The normalized spacial score (nSPS) is 12.2. The van der Waals surface area contributed by atoms with Crippen molar-refractivity contribution in [3.05, 3.63) is 23.3 Å². The highest BCUT2D eigenvalue weighted by atomic mass is 16.5. The van der Waals surface area contributed by atoms with E-state index in [0.717, 1.165) is 11.5 Å². The lowest BCUT2D eigenvalue weighted by atomic mass is 10.1. The van der Waals surface area contributed by atoms with Gasteiger partial charge in [-0.1, -0.05) is 6.07 Å². The topological polar surface area (TPSA) is 9.23 Å². The summed E-state index contributed by atoms with van der Waals surface area (Å²) < 4.78 is 5.27. The molecule has 3 rings (SSSR count). The summed E-state index contributed by atoms with van der Waals surface area (Å²) in [7, 11) is 0. The van der Waals surface area contributed by atoms with Gasteiger partial charge in [-0.2, -0.15) is 0 Å². The van der Waals surface area contributed by atoms with E-state index in [4.69, 9.17) is 4.74 Å². The molecule has 2 aliphatic heterocycles. The first-order valence-corrected chi connectivity index (χ1v) is 3.07. The number of ether oxygens (including phenoxy) is 1. The van der Waals surface area contributed by atoms with Gasteiger partial charge >= 0.3 is 0 Å². The second kappa shape index (κ2) is 1.29. The summed E-state index contributed by atoms with van der Waals surface area (Å²) in [4.78, 5) is 0. The first-order chi connectivity index (χ1) is 4.29. The molecule has 2 bridgehead atoms. The van der Waals surface area contributed by atoms with E-state index in [1.807, 2.05) is 6.07 Å². The molecular formula is C8H8O. The van der Waals surface area contributed by atoms with E-state index in [9.17, 15) is 0 Å². The quantitative estimate of drug-likeness (QED) is 0.518. The van der Waals surface area contributed by atoms with Gasteiger partial charge < -0.3 is 4.74 Å². The summed E-state index contributed by atoms with van der Waals surface area (Å²) in [6, 6.07) is 4.10. The van der Waals surface area contributed by atoms with Gasteiger partial charge in [-0.3, -0.25) is 0 Å². The van der Waals surface area contributed by atoms with E-state index >= 15 is 0 Å². The summed E-state index contributed by atoms with van der Waals surface area (Å²) >= 11 is 0. The first kappa shape index (κ1) is 4.86. The Labute approximate surface area is 54.3 Å². The first-order valence-electron chi connectivity index (χ1n) is 3.07. The Morgan fingerprint density at radius 3 is 2.33 bits per heavy atom. The molecule has 1 aromatic rings. The maximum atomic E-state index is 5.27. The Kier molecular flexibility index (Phi) is 0.699. The van der Waals surface area contributed by atoms with Crippen LogP contribution in [0.2, 0.25) is 0 Å². The fourth-order valence-corrected chi connectivity index (χ4v) is 1.14. The van der Waals surface area contributed by atoms with Crippen LogP contribution >= 0.6 is 0 Å². The summed E-state index contributed by atoms with van der Waals surface area (Å²) in [6.07, 6.45) is 0. The molecule has 0 unspecified atom stereocenters. The molecule has 0 N–H and O–H groups in total. The Bertz CT molecular complexity index is 257. The number of hydrogen-bond acceptors (Lipinski definition) is 1. The average Bonchev–Trinajstić information content (AvgIpc) is 1.86. The van der Waals surface area contributed by atoms with Gasteiger partial charge in [-0.05, 0) is 25.5 Å². The molecule has 1 aromatic carbocycles. The van der Waals surface area contributed by atoms with Crippen molar-refractivity contribution in [3.8, 4) is 11.5 Å². The van der Waals surface area contributed by atoms with E-state index in [0.29, 0.717) is 0 Å². The third kappa shape index (κ3) is 0.441. The van der Waals surface area contributed by atoms with Crippen molar-refractivity contribution in [2.45, 2.75) is 13.8 Å². The highest BCUT2D eigenvalue weighted by Crippen LogP contribution is 2.43. The van der Waals surface area contributed by atoms with Crippen LogP contribution in [0.4, 0.5) is 0 Å². The predicted molar refractivity (Wildman–Crippen MR) is 36.0 cm³/mol. The van der Waals surface area contributed by atoms with Crippen molar-refractivity contribution in [1.82, 2.24) is 0 Å². The summed E-state index contributed by atoms with van der Waals surface area (Å²) in [6.45, 7) is 4.15. The molecule has 1 heteroatoms. The molecule has 0 saturated carbocycles. The molecule has 46 valence electrons. The van der Waals surface area contributed by atoms with Crippen LogP contribution in [0.5, 0.6) is 11.5 Å². The third-order valence-electron chi connectivity index (χ3n) is 1.77. The Balaban J connectivity index is 2.74. The van der Waals surface area contributed by atoms with Crippen LogP contribution < -0.4 is 4.74 Å². The minimum atomic E-state index is 1.04. The zero-order chi connectivity index (χ0) is 6.43. The molecule has 0 aromatic heterocycles. The van der Waals surface area contributed by atoms with E-state index in [2.05, 4.69) is 19.9 Å². The second-order valence-corrected chi connectivity index (χ2v) is 2.44. The van der Waals surface area contributed by atoms with E-state index in [1.165, 1.54) is 11.1 Å². The standard InChI is InChI=1S/C8H8O/c1-5-3-4-7-6(2)8(5)9-7/h3-4H,1-2H3. The minimum absolute atomic E-state index is 1.04. The Hall–Kier alpha value is -0.980. The zero-order valence-electron chi connectivity index (χ0n) is 5.56. The second-order valence-electron chi connectivity index (χ2n) is 2.44. The summed E-state index contributed by atoms with van der Waals surface area (Å²) in [5, 5.41) is 0. The number of fused-ring (bicyclic) bond motifs is 2. The van der Waals surface area contributed by atoms with Crippen molar-refractivity contribution in [2.75, 3.05) is 0 Å². The largest absolute Gasteiger partial charge is 0.456 e. The van der Waals surface area contributed by atoms with E-state index in [1.54, 1.807) is 0 Å². The van der Waals surface area contributed by atoms with Gasteiger partial charge in [0.1, 0.15) is 11.5 Å². The highest BCUT2D eigenvalue weighted by Gasteiger charge is 2.18. The maximum Gasteiger partial charge on any atom is 0.136 e. The van der Waals surface area contributed by atoms with E-state index < -0.39 is 0 Å². The van der Waals surface area contributed by atoms with Crippen LogP contribution in [0, 0.1) is 13.8 Å². The van der Waals surface area contributed by atoms with E-state index in [-0.39, 0.29) is 0 Å². The lowest BCUT2D eigenvalue weighted by molar-refractivity contribution is 0.422. The van der Waals surface area contributed by atoms with Crippen LogP contribution in [-0.2, 0) is 0 Å². The van der Waals surface area contributed by atoms with Crippen molar-refractivity contribution >= 4 is 0 Å². The van der Waals surface area contributed by atoms with Crippen LogP contribution in [-0.4, -0.2) is 0 Å². The molecule has 0 fully saturated rings. The van der Waals surface area contributed by atoms with Crippen LogP contribution in [0.3, 0.4) is 0 Å². The van der Waals surface area contributed by atoms with Crippen LogP contribution in [0.25, 0.3) is 0 Å². The minimum Gasteiger partial charge on any atom is -0.456 e. The molecule has 0 saturated heterocycles. The molecule has 0 aliphatic carbocycles. The van der Waals surface area contributed by atoms with Crippen molar-refractivity contribution in [3.63, 3.8) is 0 Å². The number of benzene rings is 1. The summed E-state index contributed by atoms with van der Waals surface area (Å²) in [5.41, 5.74) is 2.54. The highest BCUT2D eigenvalue weighted by molar-refractivity contribution is 5.58. The van der Waals surface area contributed by atoms with Gasteiger partial charge in [0.05, 0.1) is 0 Å². The van der Waals surface area contributed by atoms with Gasteiger partial charge in [0.15, 0.2) is 0 Å². The SMILES string of the molecule is Cc1ccc2c(C)c1O2. The number of hydrogen-bond donors (Lipinski definition) is 0. The van der Waals surface area contributed by atoms with Gasteiger partial charge in [0.25, 0.3) is 0 Å². The number of rotatable bonds is 0. The fourth-order valence-electron chi connectivity index (χ4n) is 1.14. The van der Waals surface area contributed by atoms with Gasteiger partial charge in [-0.25, -0.2) is 0 Å².